The van der Waals surface area contributed by atoms with Crippen molar-refractivity contribution >= 4 is 6.09 Å². The lowest BCUT2D eigenvalue weighted by Crippen LogP contribution is -2.46. The first-order valence-corrected chi connectivity index (χ1v) is 10.0. The molecule has 1 aliphatic rings. The number of aliphatic hydroxyl groups is 1. The number of amides is 1. The summed E-state index contributed by atoms with van der Waals surface area (Å²) < 4.78 is 34.0. The summed E-state index contributed by atoms with van der Waals surface area (Å²) >= 11 is 0. The molecule has 1 aromatic carbocycles. The fourth-order valence-electron chi connectivity index (χ4n) is 3.51. The fourth-order valence-corrected chi connectivity index (χ4v) is 3.51. The highest BCUT2D eigenvalue weighted by Crippen LogP contribution is 2.34. The first-order valence-electron chi connectivity index (χ1n) is 10.0. The average Bonchev–Trinajstić information content (AvgIpc) is 2.68. The molecule has 0 bridgehead atoms. The number of halogens is 2. The van der Waals surface area contributed by atoms with Crippen LogP contribution in [-0.2, 0) is 10.7 Å². The Kier molecular flexibility index (Phi) is 8.48. The lowest BCUT2D eigenvalue weighted by atomic mass is 9.96. The van der Waals surface area contributed by atoms with Crippen LogP contribution in [0.5, 0.6) is 0 Å². The number of rotatable bonds is 11. The van der Waals surface area contributed by atoms with Crippen LogP contribution in [0.1, 0.15) is 63.9 Å². The van der Waals surface area contributed by atoms with Crippen LogP contribution in [-0.4, -0.2) is 41.4 Å². The summed E-state index contributed by atoms with van der Waals surface area (Å²) in [4.78, 5) is 13.7. The van der Waals surface area contributed by atoms with Crippen molar-refractivity contribution < 1.29 is 23.4 Å². The Hall–Kier alpha value is -1.69. The molecule has 0 aliphatic carbocycles. The summed E-state index contributed by atoms with van der Waals surface area (Å²) in [6, 6.07) is 7.23. The molecule has 1 unspecified atom stereocenters. The van der Waals surface area contributed by atoms with E-state index in [1.54, 1.807) is 11.0 Å². The van der Waals surface area contributed by atoms with Crippen LogP contribution >= 0.6 is 0 Å². The number of ether oxygens (including phenoxy) is 1. The van der Waals surface area contributed by atoms with E-state index >= 15 is 0 Å². The molecule has 27 heavy (non-hydrogen) atoms. The second kappa shape index (κ2) is 10.6. The molecule has 0 radical (unpaired) electrons. The molecule has 6 heteroatoms. The lowest BCUT2D eigenvalue weighted by Gasteiger charge is -2.36. The number of nitrogens with zero attached hydrogens (tertiary/aromatic N) is 1. The molecule has 0 saturated carbocycles. The van der Waals surface area contributed by atoms with E-state index in [1.807, 2.05) is 0 Å². The molecule has 152 valence electrons. The lowest BCUT2D eigenvalue weighted by molar-refractivity contribution is -0.120. The van der Waals surface area contributed by atoms with E-state index in [-0.39, 0.29) is 24.1 Å². The number of unbranched alkanes of at least 4 members (excludes halogenated alkanes) is 4. The van der Waals surface area contributed by atoms with Gasteiger partial charge in [-0.15, -0.1) is 0 Å². The minimum Gasteiger partial charge on any atom is -0.449 e. The Morgan fingerprint density at radius 1 is 1.22 bits per heavy atom. The van der Waals surface area contributed by atoms with Crippen molar-refractivity contribution in [3.05, 3.63) is 35.9 Å². The molecule has 0 spiro atoms. The third kappa shape index (κ3) is 6.16. The van der Waals surface area contributed by atoms with Crippen molar-refractivity contribution in [1.82, 2.24) is 4.90 Å². The summed E-state index contributed by atoms with van der Waals surface area (Å²) in [5.41, 5.74) is -0.187. The number of hydrogen-bond acceptors (Lipinski definition) is 3. The molecular formula is C21H31F2NO3. The molecule has 1 saturated heterocycles. The van der Waals surface area contributed by atoms with Gasteiger partial charge in [-0.1, -0.05) is 62.9 Å². The van der Waals surface area contributed by atoms with Crippen LogP contribution in [0.4, 0.5) is 13.6 Å². The Bertz CT molecular complexity index is 568. The molecule has 1 N–H and O–H groups in total. The van der Waals surface area contributed by atoms with Gasteiger partial charge in [0.2, 0.25) is 0 Å². The molecule has 1 amide bonds. The smallest absolute Gasteiger partial charge is 0.410 e. The predicted molar refractivity (Wildman–Crippen MR) is 101 cm³/mol. The van der Waals surface area contributed by atoms with Crippen molar-refractivity contribution in [2.75, 3.05) is 13.2 Å². The molecule has 1 aromatic rings. The molecule has 2 rings (SSSR count). The van der Waals surface area contributed by atoms with Gasteiger partial charge in [0.05, 0.1) is 6.61 Å². The molecule has 1 fully saturated rings. The molecule has 2 atom stereocenters. The zero-order valence-corrected chi connectivity index (χ0v) is 16.1. The van der Waals surface area contributed by atoms with Gasteiger partial charge in [0.25, 0.3) is 5.92 Å². The van der Waals surface area contributed by atoms with Crippen molar-refractivity contribution in [3.63, 3.8) is 0 Å². The van der Waals surface area contributed by atoms with Crippen LogP contribution < -0.4 is 0 Å². The summed E-state index contributed by atoms with van der Waals surface area (Å²) in [6.07, 6.45) is 4.13. The number of carbonyl (C=O) groups is 1. The summed E-state index contributed by atoms with van der Waals surface area (Å²) in [7, 11) is 0. The Morgan fingerprint density at radius 3 is 2.63 bits per heavy atom. The highest BCUT2D eigenvalue weighted by Gasteiger charge is 2.41. The second-order valence-corrected chi connectivity index (χ2v) is 7.25. The van der Waals surface area contributed by atoms with E-state index in [4.69, 9.17) is 4.74 Å². The van der Waals surface area contributed by atoms with Gasteiger partial charge < -0.3 is 14.7 Å². The van der Waals surface area contributed by atoms with Crippen LogP contribution in [0, 0.1) is 0 Å². The maximum atomic E-state index is 14.4. The first kappa shape index (κ1) is 21.6. The number of hydrogen-bond donors (Lipinski definition) is 1. The molecule has 1 heterocycles. The van der Waals surface area contributed by atoms with E-state index in [1.165, 1.54) is 30.7 Å². The van der Waals surface area contributed by atoms with Gasteiger partial charge in [-0.25, -0.2) is 4.79 Å². The highest BCUT2D eigenvalue weighted by molar-refractivity contribution is 5.68. The van der Waals surface area contributed by atoms with Crippen LogP contribution in [0.15, 0.2) is 30.3 Å². The summed E-state index contributed by atoms with van der Waals surface area (Å²) in [5.74, 6) is -3.30. The van der Waals surface area contributed by atoms with E-state index in [9.17, 15) is 18.7 Å². The van der Waals surface area contributed by atoms with E-state index in [2.05, 4.69) is 6.92 Å². The van der Waals surface area contributed by atoms with Gasteiger partial charge in [-0.3, -0.25) is 0 Å². The van der Waals surface area contributed by atoms with Crippen LogP contribution in [0.3, 0.4) is 0 Å². The number of benzene rings is 1. The van der Waals surface area contributed by atoms with Crippen LogP contribution in [0.25, 0.3) is 0 Å². The van der Waals surface area contributed by atoms with Crippen molar-refractivity contribution in [2.24, 2.45) is 0 Å². The highest BCUT2D eigenvalue weighted by atomic mass is 19.3. The Morgan fingerprint density at radius 2 is 1.93 bits per heavy atom. The minimum absolute atomic E-state index is 0.0633. The summed E-state index contributed by atoms with van der Waals surface area (Å²) in [6.45, 7) is 3.04. The minimum atomic E-state index is -3.30. The van der Waals surface area contributed by atoms with Gasteiger partial charge in [-0.05, 0) is 19.3 Å². The number of cyclic esters (lactones) is 1. The van der Waals surface area contributed by atoms with Crippen molar-refractivity contribution in [1.29, 1.82) is 0 Å². The third-order valence-electron chi connectivity index (χ3n) is 5.20. The zero-order valence-electron chi connectivity index (χ0n) is 16.1. The largest absolute Gasteiger partial charge is 0.449 e. The Balaban J connectivity index is 1.88. The SMILES string of the molecule is CCCCCCCN1C(=O)OCC[C@@H]1CCC(O)C(F)(F)c1ccccc1. The third-order valence-corrected chi connectivity index (χ3v) is 5.20. The van der Waals surface area contributed by atoms with Crippen molar-refractivity contribution in [2.45, 2.75) is 76.4 Å². The Labute approximate surface area is 160 Å². The van der Waals surface area contributed by atoms with Gasteiger partial charge in [-0.2, -0.15) is 8.78 Å². The number of alkyl halides is 2. The maximum absolute atomic E-state index is 14.4. The van der Waals surface area contributed by atoms with Crippen LogP contribution in [0.2, 0.25) is 0 Å². The van der Waals surface area contributed by atoms with E-state index in [0.29, 0.717) is 26.0 Å². The molecular weight excluding hydrogens is 352 g/mol. The van der Waals surface area contributed by atoms with Gasteiger partial charge >= 0.3 is 6.09 Å². The van der Waals surface area contributed by atoms with Gasteiger partial charge in [0.1, 0.15) is 6.10 Å². The molecule has 0 aromatic heterocycles. The number of carbonyl (C=O) groups excluding carboxylic acids is 1. The molecule has 1 aliphatic heterocycles. The number of aliphatic hydroxyl groups excluding tert-OH is 1. The van der Waals surface area contributed by atoms with Gasteiger partial charge in [0.15, 0.2) is 0 Å². The van der Waals surface area contributed by atoms with Crippen molar-refractivity contribution in [3.8, 4) is 0 Å². The first-order chi connectivity index (χ1) is 13.0. The van der Waals surface area contributed by atoms with E-state index < -0.39 is 12.0 Å². The summed E-state index contributed by atoms with van der Waals surface area (Å²) in [5, 5.41) is 10.1. The fraction of sp³-hybridized carbons (Fsp3) is 0.667. The second-order valence-electron chi connectivity index (χ2n) is 7.25. The quantitative estimate of drug-likeness (QED) is 0.541. The monoisotopic (exact) mass is 383 g/mol. The predicted octanol–water partition coefficient (Wildman–Crippen LogP) is 5.10. The van der Waals surface area contributed by atoms with E-state index in [0.717, 1.165) is 25.7 Å². The zero-order chi connectivity index (χ0) is 19.7. The van der Waals surface area contributed by atoms with Gasteiger partial charge in [0, 0.05) is 24.6 Å². The molecule has 4 nitrogen and oxygen atoms in total. The average molecular weight is 383 g/mol. The maximum Gasteiger partial charge on any atom is 0.410 e. The topological polar surface area (TPSA) is 49.8 Å². The normalized spacial score (nSPS) is 19.0. The standard InChI is InChI=1S/C21H31F2NO3/c1-2-3-4-5-9-15-24-18(14-16-27-20(24)26)12-13-19(25)21(22,23)17-10-7-6-8-11-17/h6-8,10-11,18-19,25H,2-5,9,12-16H2,1H3/t18-,19?/m0/s1.